The van der Waals surface area contributed by atoms with E-state index < -0.39 is 11.4 Å². The maximum absolute atomic E-state index is 12.2. The molecule has 6 nitrogen and oxygen atoms in total. The second kappa shape index (κ2) is 7.49. The van der Waals surface area contributed by atoms with Crippen molar-refractivity contribution in [3.05, 3.63) is 39.9 Å². The first-order valence-corrected chi connectivity index (χ1v) is 7.41. The number of hydrogen-bond acceptors (Lipinski definition) is 4. The van der Waals surface area contributed by atoms with Gasteiger partial charge >= 0.3 is 0 Å². The summed E-state index contributed by atoms with van der Waals surface area (Å²) < 4.78 is 1.45. The van der Waals surface area contributed by atoms with E-state index in [0.717, 1.165) is 0 Å². The summed E-state index contributed by atoms with van der Waals surface area (Å²) in [5.74, 6) is 0.140. The molecule has 1 amide bonds. The molecule has 126 valence electrons. The van der Waals surface area contributed by atoms with Gasteiger partial charge in [0, 0.05) is 12.1 Å². The van der Waals surface area contributed by atoms with Crippen LogP contribution in [0.2, 0.25) is 10.0 Å². The van der Waals surface area contributed by atoms with Gasteiger partial charge in [0.05, 0.1) is 10.0 Å². The molecule has 0 saturated carbocycles. The first-order valence-electron chi connectivity index (χ1n) is 6.66. The van der Waals surface area contributed by atoms with E-state index in [1.807, 2.05) is 13.8 Å². The Kier molecular flexibility index (Phi) is 6.41. The molecule has 0 aliphatic carbocycles. The lowest BCUT2D eigenvalue weighted by Gasteiger charge is -2.23. The van der Waals surface area contributed by atoms with E-state index in [2.05, 4.69) is 15.4 Å². The molecule has 0 bridgehead atoms. The predicted molar refractivity (Wildman–Crippen MR) is 94.0 cm³/mol. The Balaban J connectivity index is 0.00000264. The molecule has 1 aromatic heterocycles. The zero-order chi connectivity index (χ0) is 16.5. The first-order chi connectivity index (χ1) is 10.2. The second-order valence-corrected chi connectivity index (χ2v) is 6.32. The minimum Gasteiger partial charge on any atom is -0.343 e. The largest absolute Gasteiger partial charge is 0.343 e. The molecule has 0 aliphatic rings. The summed E-state index contributed by atoms with van der Waals surface area (Å²) in [5, 5.41) is 7.83. The topological polar surface area (TPSA) is 85.8 Å². The van der Waals surface area contributed by atoms with Gasteiger partial charge in [-0.1, -0.05) is 29.3 Å². The average molecular weight is 379 g/mol. The summed E-state index contributed by atoms with van der Waals surface area (Å²) in [6, 6.07) is 5.13. The van der Waals surface area contributed by atoms with Crippen LogP contribution in [0.1, 0.15) is 30.3 Å². The van der Waals surface area contributed by atoms with Crippen LogP contribution in [0, 0.1) is 6.92 Å². The van der Waals surface area contributed by atoms with Gasteiger partial charge in [-0.25, -0.2) is 9.67 Å². The standard InChI is InChI=1S/C14H17Cl2N5O.ClH/c1-8-18-12(13(22)19-14(2,3)7-17)20-21(8)11-9(15)5-4-6-10(11)16;/h4-6H,7,17H2,1-3H3,(H,19,22);1H. The second-order valence-electron chi connectivity index (χ2n) is 5.51. The monoisotopic (exact) mass is 377 g/mol. The highest BCUT2D eigenvalue weighted by Crippen LogP contribution is 2.28. The normalized spacial score (nSPS) is 11.0. The van der Waals surface area contributed by atoms with Crippen LogP contribution in [0.15, 0.2) is 18.2 Å². The molecule has 0 atom stereocenters. The summed E-state index contributed by atoms with van der Waals surface area (Å²) in [4.78, 5) is 16.4. The smallest absolute Gasteiger partial charge is 0.291 e. The number of amides is 1. The number of halogens is 3. The van der Waals surface area contributed by atoms with Crippen LogP contribution in [-0.4, -0.2) is 32.8 Å². The molecular formula is C14H18Cl3N5O. The lowest BCUT2D eigenvalue weighted by Crippen LogP contribution is -2.49. The van der Waals surface area contributed by atoms with Gasteiger partial charge in [0.25, 0.3) is 5.91 Å². The highest BCUT2D eigenvalue weighted by atomic mass is 35.5. The molecule has 23 heavy (non-hydrogen) atoms. The van der Waals surface area contributed by atoms with Gasteiger partial charge in [0.1, 0.15) is 11.5 Å². The van der Waals surface area contributed by atoms with E-state index in [0.29, 0.717) is 28.1 Å². The fourth-order valence-corrected chi connectivity index (χ4v) is 2.36. The first kappa shape index (κ1) is 19.7. The maximum atomic E-state index is 12.2. The molecule has 0 unspecified atom stereocenters. The Morgan fingerprint density at radius 1 is 1.35 bits per heavy atom. The summed E-state index contributed by atoms with van der Waals surface area (Å²) in [5.41, 5.74) is 5.55. The highest BCUT2D eigenvalue weighted by molar-refractivity contribution is 6.37. The quantitative estimate of drug-likeness (QED) is 0.856. The van der Waals surface area contributed by atoms with Crippen molar-refractivity contribution >= 4 is 41.5 Å². The van der Waals surface area contributed by atoms with Crippen LogP contribution in [0.3, 0.4) is 0 Å². The zero-order valence-electron chi connectivity index (χ0n) is 12.9. The number of nitrogens with zero attached hydrogens (tertiary/aromatic N) is 3. The van der Waals surface area contributed by atoms with Crippen molar-refractivity contribution in [3.8, 4) is 5.69 Å². The minimum absolute atomic E-state index is 0. The lowest BCUT2D eigenvalue weighted by molar-refractivity contribution is 0.0905. The van der Waals surface area contributed by atoms with Gasteiger partial charge in [-0.2, -0.15) is 0 Å². The molecule has 1 heterocycles. The van der Waals surface area contributed by atoms with E-state index >= 15 is 0 Å². The number of hydrogen-bond donors (Lipinski definition) is 2. The zero-order valence-corrected chi connectivity index (χ0v) is 15.3. The van der Waals surface area contributed by atoms with Crippen molar-refractivity contribution in [1.29, 1.82) is 0 Å². The average Bonchev–Trinajstić information content (AvgIpc) is 2.80. The summed E-state index contributed by atoms with van der Waals surface area (Å²) >= 11 is 12.3. The van der Waals surface area contributed by atoms with Crippen molar-refractivity contribution in [1.82, 2.24) is 20.1 Å². The van der Waals surface area contributed by atoms with Crippen molar-refractivity contribution in [2.75, 3.05) is 6.54 Å². The third-order valence-corrected chi connectivity index (χ3v) is 3.69. The number of carbonyl (C=O) groups is 1. The van der Waals surface area contributed by atoms with Gasteiger partial charge in [-0.15, -0.1) is 17.5 Å². The molecule has 1 aromatic carbocycles. The van der Waals surface area contributed by atoms with Crippen molar-refractivity contribution in [2.45, 2.75) is 26.3 Å². The molecule has 2 rings (SSSR count). The molecule has 0 spiro atoms. The fourth-order valence-electron chi connectivity index (χ4n) is 1.80. The van der Waals surface area contributed by atoms with Crippen molar-refractivity contribution in [2.24, 2.45) is 5.73 Å². The van der Waals surface area contributed by atoms with Crippen LogP contribution in [-0.2, 0) is 0 Å². The molecular weight excluding hydrogens is 361 g/mol. The molecule has 0 radical (unpaired) electrons. The number of para-hydroxylation sites is 1. The van der Waals surface area contributed by atoms with E-state index in [-0.39, 0.29) is 18.2 Å². The molecule has 3 N–H and O–H groups in total. The van der Waals surface area contributed by atoms with Crippen LogP contribution in [0.4, 0.5) is 0 Å². The Labute approximate surface area is 150 Å². The van der Waals surface area contributed by atoms with Gasteiger partial charge in [0.2, 0.25) is 5.82 Å². The van der Waals surface area contributed by atoms with E-state index in [4.69, 9.17) is 28.9 Å². The Morgan fingerprint density at radius 2 is 1.91 bits per heavy atom. The molecule has 2 aromatic rings. The molecule has 0 saturated heterocycles. The van der Waals surface area contributed by atoms with Crippen LogP contribution >= 0.6 is 35.6 Å². The fraction of sp³-hybridized carbons (Fsp3) is 0.357. The Bertz CT molecular complexity index is 694. The van der Waals surface area contributed by atoms with E-state index in [1.165, 1.54) is 4.68 Å². The third kappa shape index (κ3) is 4.35. The number of aryl methyl sites for hydroxylation is 1. The third-order valence-electron chi connectivity index (χ3n) is 3.08. The Morgan fingerprint density at radius 3 is 2.43 bits per heavy atom. The molecule has 0 aliphatic heterocycles. The summed E-state index contributed by atoms with van der Waals surface area (Å²) in [7, 11) is 0. The number of benzene rings is 1. The number of aromatic nitrogens is 3. The van der Waals surface area contributed by atoms with Gasteiger partial charge in [-0.05, 0) is 32.9 Å². The summed E-state index contributed by atoms with van der Waals surface area (Å²) in [6.45, 7) is 5.66. The van der Waals surface area contributed by atoms with Gasteiger partial charge < -0.3 is 11.1 Å². The van der Waals surface area contributed by atoms with Crippen molar-refractivity contribution < 1.29 is 4.79 Å². The van der Waals surface area contributed by atoms with Crippen molar-refractivity contribution in [3.63, 3.8) is 0 Å². The molecule has 9 heteroatoms. The van der Waals surface area contributed by atoms with Crippen LogP contribution in [0.25, 0.3) is 5.69 Å². The van der Waals surface area contributed by atoms with E-state index in [9.17, 15) is 4.79 Å². The summed E-state index contributed by atoms with van der Waals surface area (Å²) in [6.07, 6.45) is 0. The highest BCUT2D eigenvalue weighted by Gasteiger charge is 2.23. The van der Waals surface area contributed by atoms with Crippen LogP contribution < -0.4 is 11.1 Å². The van der Waals surface area contributed by atoms with E-state index in [1.54, 1.807) is 25.1 Å². The van der Waals surface area contributed by atoms with Crippen LogP contribution in [0.5, 0.6) is 0 Å². The minimum atomic E-state index is -0.543. The van der Waals surface area contributed by atoms with Gasteiger partial charge in [0.15, 0.2) is 0 Å². The lowest BCUT2D eigenvalue weighted by atomic mass is 10.1. The van der Waals surface area contributed by atoms with Gasteiger partial charge in [-0.3, -0.25) is 4.79 Å². The number of nitrogens with one attached hydrogen (secondary N) is 1. The predicted octanol–water partition coefficient (Wildman–Crippen LogP) is 2.77. The maximum Gasteiger partial charge on any atom is 0.291 e. The Hall–Kier alpha value is -1.34. The number of carbonyl (C=O) groups excluding carboxylic acids is 1. The molecule has 0 fully saturated rings. The number of rotatable bonds is 4. The number of nitrogens with two attached hydrogens (primary N) is 1. The SMILES string of the molecule is Cc1nc(C(=O)NC(C)(C)CN)nn1-c1c(Cl)cccc1Cl.Cl.